The van der Waals surface area contributed by atoms with Gasteiger partial charge in [-0.05, 0) is 19.9 Å². The van der Waals surface area contributed by atoms with E-state index in [1.165, 1.54) is 7.11 Å². The average molecular weight is 241 g/mol. The van der Waals surface area contributed by atoms with Gasteiger partial charge in [-0.2, -0.15) is 0 Å². The molecule has 17 heavy (non-hydrogen) atoms. The van der Waals surface area contributed by atoms with Crippen molar-refractivity contribution >= 4 is 0 Å². The van der Waals surface area contributed by atoms with E-state index in [1.807, 2.05) is 13.8 Å². The highest BCUT2D eigenvalue weighted by Crippen LogP contribution is 2.19. The van der Waals surface area contributed by atoms with Gasteiger partial charge in [0.05, 0.1) is 13.2 Å². The molecule has 0 aromatic heterocycles. The predicted octanol–water partition coefficient (Wildman–Crippen LogP) is 2.35. The lowest BCUT2D eigenvalue weighted by Gasteiger charge is -2.13. The van der Waals surface area contributed by atoms with E-state index in [1.54, 1.807) is 18.2 Å². The molecule has 4 heteroatoms. The SMILES string of the molecule is CCOC(C)CNCc1cccc(OC)c1F. The molecule has 0 fully saturated rings. The molecular formula is C13H20FNO2. The summed E-state index contributed by atoms with van der Waals surface area (Å²) in [7, 11) is 1.47. The molecule has 96 valence electrons. The molecule has 0 aliphatic carbocycles. The smallest absolute Gasteiger partial charge is 0.169 e. The molecule has 0 spiro atoms. The zero-order valence-electron chi connectivity index (χ0n) is 10.6. The molecule has 0 saturated heterocycles. The Balaban J connectivity index is 2.46. The summed E-state index contributed by atoms with van der Waals surface area (Å²) < 4.78 is 24.0. The topological polar surface area (TPSA) is 30.5 Å². The fraction of sp³-hybridized carbons (Fsp3) is 0.538. The number of nitrogens with one attached hydrogen (secondary N) is 1. The first-order chi connectivity index (χ1) is 8.19. The number of hydrogen-bond acceptors (Lipinski definition) is 3. The second kappa shape index (κ2) is 7.25. The van der Waals surface area contributed by atoms with Crippen molar-refractivity contribution in [3.63, 3.8) is 0 Å². The lowest BCUT2D eigenvalue weighted by Crippen LogP contribution is -2.26. The maximum atomic E-state index is 13.7. The monoisotopic (exact) mass is 241 g/mol. The Morgan fingerprint density at radius 3 is 2.82 bits per heavy atom. The molecule has 1 aromatic carbocycles. The zero-order valence-corrected chi connectivity index (χ0v) is 10.6. The predicted molar refractivity (Wildman–Crippen MR) is 65.7 cm³/mol. The molecule has 3 nitrogen and oxygen atoms in total. The van der Waals surface area contributed by atoms with Gasteiger partial charge in [-0.1, -0.05) is 12.1 Å². The Morgan fingerprint density at radius 1 is 1.41 bits per heavy atom. The van der Waals surface area contributed by atoms with Crippen LogP contribution in [0.4, 0.5) is 4.39 Å². The van der Waals surface area contributed by atoms with Crippen LogP contribution in [-0.4, -0.2) is 26.4 Å². The van der Waals surface area contributed by atoms with Crippen molar-refractivity contribution in [2.24, 2.45) is 0 Å². The minimum atomic E-state index is -0.299. The summed E-state index contributed by atoms with van der Waals surface area (Å²) in [5.74, 6) is -0.0197. The largest absolute Gasteiger partial charge is 0.494 e. The molecule has 1 unspecified atom stereocenters. The van der Waals surface area contributed by atoms with Gasteiger partial charge in [0.15, 0.2) is 11.6 Å². The molecule has 0 aliphatic heterocycles. The number of rotatable bonds is 7. The lowest BCUT2D eigenvalue weighted by molar-refractivity contribution is 0.0759. The molecule has 1 aromatic rings. The van der Waals surface area contributed by atoms with Crippen LogP contribution in [0.3, 0.4) is 0 Å². The molecule has 0 aliphatic rings. The standard InChI is InChI=1S/C13H20FNO2/c1-4-17-10(2)8-15-9-11-6-5-7-12(16-3)13(11)14/h5-7,10,15H,4,8-9H2,1-3H3. The molecule has 1 atom stereocenters. The number of halogens is 1. The van der Waals surface area contributed by atoms with Crippen LogP contribution in [0.5, 0.6) is 5.75 Å². The van der Waals surface area contributed by atoms with Gasteiger partial charge in [-0.25, -0.2) is 4.39 Å². The number of hydrogen-bond donors (Lipinski definition) is 1. The minimum absolute atomic E-state index is 0.133. The summed E-state index contributed by atoms with van der Waals surface area (Å²) in [6, 6.07) is 5.14. The zero-order chi connectivity index (χ0) is 12.7. The highest BCUT2D eigenvalue weighted by Gasteiger charge is 2.08. The van der Waals surface area contributed by atoms with Crippen LogP contribution < -0.4 is 10.1 Å². The van der Waals surface area contributed by atoms with Crippen molar-refractivity contribution in [3.05, 3.63) is 29.6 Å². The van der Waals surface area contributed by atoms with Crippen LogP contribution in [0.2, 0.25) is 0 Å². The van der Waals surface area contributed by atoms with Crippen LogP contribution >= 0.6 is 0 Å². The molecule has 0 heterocycles. The summed E-state index contributed by atoms with van der Waals surface area (Å²) in [5.41, 5.74) is 0.605. The van der Waals surface area contributed by atoms with E-state index >= 15 is 0 Å². The van der Waals surface area contributed by atoms with E-state index < -0.39 is 0 Å². The van der Waals surface area contributed by atoms with Crippen LogP contribution in [0.25, 0.3) is 0 Å². The molecular weight excluding hydrogens is 221 g/mol. The number of benzene rings is 1. The highest BCUT2D eigenvalue weighted by atomic mass is 19.1. The van der Waals surface area contributed by atoms with Crippen molar-refractivity contribution in [1.82, 2.24) is 5.32 Å². The maximum Gasteiger partial charge on any atom is 0.169 e. The summed E-state index contributed by atoms with van der Waals surface area (Å²) in [6.07, 6.45) is 0.133. The van der Waals surface area contributed by atoms with Gasteiger partial charge in [0.2, 0.25) is 0 Å². The van der Waals surface area contributed by atoms with Crippen LogP contribution in [-0.2, 0) is 11.3 Å². The third kappa shape index (κ3) is 4.32. The summed E-state index contributed by atoms with van der Waals surface area (Å²) in [6.45, 7) is 5.80. The Hall–Kier alpha value is -1.13. The van der Waals surface area contributed by atoms with Crippen LogP contribution in [0, 0.1) is 5.82 Å². The Morgan fingerprint density at radius 2 is 2.18 bits per heavy atom. The normalized spacial score (nSPS) is 12.5. The van der Waals surface area contributed by atoms with Crippen LogP contribution in [0.1, 0.15) is 19.4 Å². The van der Waals surface area contributed by atoms with Gasteiger partial charge in [-0.15, -0.1) is 0 Å². The molecule has 0 radical (unpaired) electrons. The van der Waals surface area contributed by atoms with Gasteiger partial charge in [0.1, 0.15) is 0 Å². The Kier molecular flexibility index (Phi) is 5.94. The third-order valence-electron chi connectivity index (χ3n) is 2.46. The summed E-state index contributed by atoms with van der Waals surface area (Å²) in [4.78, 5) is 0. The Bertz CT molecular complexity index is 344. The maximum absolute atomic E-state index is 13.7. The van der Waals surface area contributed by atoms with E-state index in [9.17, 15) is 4.39 Å². The van der Waals surface area contributed by atoms with E-state index in [0.717, 1.165) is 0 Å². The van der Waals surface area contributed by atoms with Crippen molar-refractivity contribution in [2.45, 2.75) is 26.5 Å². The fourth-order valence-corrected chi connectivity index (χ4v) is 1.60. The van der Waals surface area contributed by atoms with E-state index in [0.29, 0.717) is 25.3 Å². The van der Waals surface area contributed by atoms with Gasteiger partial charge in [0.25, 0.3) is 0 Å². The fourth-order valence-electron chi connectivity index (χ4n) is 1.60. The second-order valence-corrected chi connectivity index (χ2v) is 3.83. The van der Waals surface area contributed by atoms with Gasteiger partial charge >= 0.3 is 0 Å². The van der Waals surface area contributed by atoms with Gasteiger partial charge in [-0.3, -0.25) is 0 Å². The molecule has 1 rings (SSSR count). The molecule has 1 N–H and O–H groups in total. The van der Waals surface area contributed by atoms with Crippen LogP contribution in [0.15, 0.2) is 18.2 Å². The van der Waals surface area contributed by atoms with E-state index in [4.69, 9.17) is 9.47 Å². The summed E-state index contributed by atoms with van der Waals surface area (Å²) >= 11 is 0. The first kappa shape index (κ1) is 13.9. The quantitative estimate of drug-likeness (QED) is 0.795. The van der Waals surface area contributed by atoms with Crippen molar-refractivity contribution in [1.29, 1.82) is 0 Å². The molecule has 0 bridgehead atoms. The van der Waals surface area contributed by atoms with Crippen molar-refractivity contribution in [3.8, 4) is 5.75 Å². The van der Waals surface area contributed by atoms with Gasteiger partial charge in [0, 0.05) is 25.3 Å². The summed E-state index contributed by atoms with van der Waals surface area (Å²) in [5, 5.41) is 3.16. The lowest BCUT2D eigenvalue weighted by atomic mass is 10.2. The van der Waals surface area contributed by atoms with Crippen molar-refractivity contribution in [2.75, 3.05) is 20.3 Å². The van der Waals surface area contributed by atoms with E-state index in [2.05, 4.69) is 5.32 Å². The molecule has 0 amide bonds. The highest BCUT2D eigenvalue weighted by molar-refractivity contribution is 5.30. The number of methoxy groups -OCH3 is 1. The van der Waals surface area contributed by atoms with E-state index in [-0.39, 0.29) is 17.7 Å². The second-order valence-electron chi connectivity index (χ2n) is 3.83. The third-order valence-corrected chi connectivity index (χ3v) is 2.46. The average Bonchev–Trinajstić information content (AvgIpc) is 2.32. The minimum Gasteiger partial charge on any atom is -0.494 e. The van der Waals surface area contributed by atoms with Gasteiger partial charge < -0.3 is 14.8 Å². The first-order valence-corrected chi connectivity index (χ1v) is 5.82. The Labute approximate surface area is 102 Å². The molecule has 0 saturated carbocycles. The number of ether oxygens (including phenoxy) is 2. The van der Waals surface area contributed by atoms with Crippen molar-refractivity contribution < 1.29 is 13.9 Å². The first-order valence-electron chi connectivity index (χ1n) is 5.82.